The van der Waals surface area contributed by atoms with Gasteiger partial charge in [-0.1, -0.05) is 38.8 Å². The molecule has 0 radical (unpaired) electrons. The molecule has 86 valence electrons. The van der Waals surface area contributed by atoms with Gasteiger partial charge in [0.25, 0.3) is 0 Å². The Morgan fingerprint density at radius 1 is 0.857 bits per heavy atom. The highest BCUT2D eigenvalue weighted by Crippen LogP contribution is 2.04. The molecule has 0 rings (SSSR count). The van der Waals surface area contributed by atoms with Crippen LogP contribution in [-0.2, 0) is 0 Å². The Morgan fingerprint density at radius 2 is 1.21 bits per heavy atom. The maximum absolute atomic E-state index is 3.08. The molecule has 0 aliphatic carbocycles. The molecule has 14 heavy (non-hydrogen) atoms. The Bertz CT molecular complexity index is 160. The summed E-state index contributed by atoms with van der Waals surface area (Å²) in [4.78, 5) is 0. The minimum absolute atomic E-state index is 1.21. The Hall–Kier alpha value is -0.720. The summed E-state index contributed by atoms with van der Waals surface area (Å²) in [6, 6.07) is 0. The molecular weight excluding hydrogens is 170 g/mol. The van der Waals surface area contributed by atoms with Gasteiger partial charge in [0, 0.05) is 12.7 Å². The summed E-state index contributed by atoms with van der Waals surface area (Å²) in [5.41, 5.74) is 3.92. The van der Waals surface area contributed by atoms with Crippen LogP contribution in [-0.4, -0.2) is 7.05 Å². The molecule has 0 heterocycles. The van der Waals surface area contributed by atoms with Gasteiger partial charge in [-0.05, 0) is 33.8 Å². The molecule has 1 nitrogen and oxygen atoms in total. The molecule has 1 N–H and O–H groups in total. The second kappa shape index (κ2) is 14.8. The Morgan fingerprint density at radius 3 is 1.43 bits per heavy atom. The van der Waals surface area contributed by atoms with Crippen LogP contribution in [0.1, 0.15) is 55.4 Å². The first-order chi connectivity index (χ1) is 6.57. The van der Waals surface area contributed by atoms with Crippen molar-refractivity contribution in [1.82, 2.24) is 5.32 Å². The average Bonchev–Trinajstić information content (AvgIpc) is 2.23. The Kier molecular flexibility index (Phi) is 20.0. The Labute approximate surface area is 91.3 Å². The summed E-state index contributed by atoms with van der Waals surface area (Å²) in [6.45, 7) is 16.4. The molecule has 0 unspecified atom stereocenters. The predicted octanol–water partition coefficient (Wildman–Crippen LogP) is 4.52. The molecule has 1 heteroatoms. The third-order valence-corrected chi connectivity index (χ3v) is 1.62. The zero-order valence-corrected chi connectivity index (χ0v) is 11.6. The number of rotatable bonds is 2. The second-order valence-corrected chi connectivity index (χ2v) is 2.76. The van der Waals surface area contributed by atoms with Crippen LogP contribution in [0.3, 0.4) is 0 Å². The maximum Gasteiger partial charge on any atom is 0.00750 e. The zero-order valence-electron chi connectivity index (χ0n) is 11.6. The number of allylic oxidation sites excluding steroid dienone is 4. The SMILES string of the molecule is CC.CC.CN/C(C)=C/C(C)=C(C)C. The molecule has 0 aromatic carbocycles. The third-order valence-electron chi connectivity index (χ3n) is 1.62. The van der Waals surface area contributed by atoms with Crippen molar-refractivity contribution in [2.24, 2.45) is 0 Å². The molecule has 0 saturated heterocycles. The summed E-state index contributed by atoms with van der Waals surface area (Å²) in [5.74, 6) is 0. The lowest BCUT2D eigenvalue weighted by Gasteiger charge is -2.00. The predicted molar refractivity (Wildman–Crippen MR) is 69.6 cm³/mol. The van der Waals surface area contributed by atoms with Gasteiger partial charge in [0.2, 0.25) is 0 Å². The van der Waals surface area contributed by atoms with Crippen molar-refractivity contribution in [3.05, 3.63) is 22.9 Å². The smallest absolute Gasteiger partial charge is 0.00750 e. The molecule has 0 aromatic heterocycles. The lowest BCUT2D eigenvalue weighted by atomic mass is 10.1. The van der Waals surface area contributed by atoms with Crippen molar-refractivity contribution >= 4 is 0 Å². The minimum atomic E-state index is 1.21. The maximum atomic E-state index is 3.08. The number of hydrogen-bond acceptors (Lipinski definition) is 1. The summed E-state index contributed by atoms with van der Waals surface area (Å²) in [7, 11) is 1.93. The van der Waals surface area contributed by atoms with Crippen molar-refractivity contribution in [2.75, 3.05) is 7.05 Å². The van der Waals surface area contributed by atoms with E-state index in [1.165, 1.54) is 16.8 Å². The first kappa shape index (κ1) is 18.9. The van der Waals surface area contributed by atoms with Gasteiger partial charge in [-0.3, -0.25) is 0 Å². The largest absolute Gasteiger partial charge is 0.392 e. The average molecular weight is 199 g/mol. The zero-order chi connectivity index (χ0) is 12.1. The van der Waals surface area contributed by atoms with Crippen molar-refractivity contribution < 1.29 is 0 Å². The molecule has 0 saturated carbocycles. The lowest BCUT2D eigenvalue weighted by molar-refractivity contribution is 0.984. The van der Waals surface area contributed by atoms with E-state index in [1.807, 2.05) is 34.7 Å². The van der Waals surface area contributed by atoms with Gasteiger partial charge in [0.15, 0.2) is 0 Å². The number of nitrogens with one attached hydrogen (secondary N) is 1. The topological polar surface area (TPSA) is 12.0 Å². The summed E-state index contributed by atoms with van der Waals surface area (Å²) in [6.07, 6.45) is 2.15. The van der Waals surface area contributed by atoms with Crippen molar-refractivity contribution in [3.8, 4) is 0 Å². The molecule has 0 aliphatic heterocycles. The van der Waals surface area contributed by atoms with Gasteiger partial charge >= 0.3 is 0 Å². The Balaban J connectivity index is -0.000000266. The standard InChI is InChI=1S/C9H17N.2C2H6/c1-7(2)8(3)6-9(4)10-5;2*1-2/h6,10H,1-5H3;2*1-2H3/b9-6+;;. The summed E-state index contributed by atoms with van der Waals surface area (Å²) in [5, 5.41) is 3.08. The molecule has 0 bridgehead atoms. The quantitative estimate of drug-likeness (QED) is 0.645. The third kappa shape index (κ3) is 13.8. The summed E-state index contributed by atoms with van der Waals surface area (Å²) >= 11 is 0. The van der Waals surface area contributed by atoms with Crippen molar-refractivity contribution in [3.63, 3.8) is 0 Å². The van der Waals surface area contributed by atoms with Gasteiger partial charge in [-0.15, -0.1) is 0 Å². The van der Waals surface area contributed by atoms with Crippen molar-refractivity contribution in [1.29, 1.82) is 0 Å². The van der Waals surface area contributed by atoms with E-state index in [1.54, 1.807) is 0 Å². The normalized spacial score (nSPS) is 8.79. The van der Waals surface area contributed by atoms with E-state index < -0.39 is 0 Å². The van der Waals surface area contributed by atoms with Gasteiger partial charge in [0.05, 0.1) is 0 Å². The van der Waals surface area contributed by atoms with E-state index in [0.29, 0.717) is 0 Å². The lowest BCUT2D eigenvalue weighted by Crippen LogP contribution is -2.01. The molecule has 0 fully saturated rings. The van der Waals surface area contributed by atoms with Gasteiger partial charge < -0.3 is 5.32 Å². The van der Waals surface area contributed by atoms with Crippen LogP contribution in [0.2, 0.25) is 0 Å². The van der Waals surface area contributed by atoms with Crippen LogP contribution in [0, 0.1) is 0 Å². The van der Waals surface area contributed by atoms with E-state index in [-0.39, 0.29) is 0 Å². The van der Waals surface area contributed by atoms with Gasteiger partial charge in [-0.25, -0.2) is 0 Å². The molecular formula is C13H29N. The van der Waals surface area contributed by atoms with Crippen LogP contribution >= 0.6 is 0 Å². The molecule has 0 atom stereocenters. The van der Waals surface area contributed by atoms with E-state index in [2.05, 4.69) is 39.1 Å². The molecule has 0 aromatic rings. The van der Waals surface area contributed by atoms with Crippen LogP contribution in [0.5, 0.6) is 0 Å². The fraction of sp³-hybridized carbons (Fsp3) is 0.692. The van der Waals surface area contributed by atoms with Crippen LogP contribution in [0.15, 0.2) is 22.9 Å². The highest BCUT2D eigenvalue weighted by molar-refractivity contribution is 5.23. The van der Waals surface area contributed by atoms with Gasteiger partial charge in [-0.2, -0.15) is 0 Å². The molecule has 0 spiro atoms. The highest BCUT2D eigenvalue weighted by Gasteiger charge is 1.87. The van der Waals surface area contributed by atoms with Crippen LogP contribution in [0.4, 0.5) is 0 Å². The number of hydrogen-bond donors (Lipinski definition) is 1. The summed E-state index contributed by atoms with van der Waals surface area (Å²) < 4.78 is 0. The van der Waals surface area contributed by atoms with E-state index >= 15 is 0 Å². The first-order valence-electron chi connectivity index (χ1n) is 5.58. The minimum Gasteiger partial charge on any atom is -0.392 e. The fourth-order valence-corrected chi connectivity index (χ4v) is 0.541. The van der Waals surface area contributed by atoms with E-state index in [9.17, 15) is 0 Å². The van der Waals surface area contributed by atoms with E-state index in [0.717, 1.165) is 0 Å². The van der Waals surface area contributed by atoms with Gasteiger partial charge in [0.1, 0.15) is 0 Å². The monoisotopic (exact) mass is 199 g/mol. The molecule has 0 aliphatic rings. The molecule has 0 amide bonds. The van der Waals surface area contributed by atoms with Crippen LogP contribution < -0.4 is 5.32 Å². The highest BCUT2D eigenvalue weighted by atomic mass is 14.8. The van der Waals surface area contributed by atoms with E-state index in [4.69, 9.17) is 0 Å². The first-order valence-corrected chi connectivity index (χ1v) is 5.58. The van der Waals surface area contributed by atoms with Crippen LogP contribution in [0.25, 0.3) is 0 Å². The fourth-order valence-electron chi connectivity index (χ4n) is 0.541. The second-order valence-electron chi connectivity index (χ2n) is 2.76. The van der Waals surface area contributed by atoms with Crippen molar-refractivity contribution in [2.45, 2.75) is 55.4 Å².